The van der Waals surface area contributed by atoms with Gasteiger partial charge >= 0.3 is 5.97 Å². The number of hydrogen-bond acceptors (Lipinski definition) is 6. The SMILES string of the molecule is Cc1cc(NC(=O)c2cn(CC(=O)O)nn2)on1. The molecule has 94 valence electrons. The van der Waals surface area contributed by atoms with Gasteiger partial charge in [0.25, 0.3) is 5.91 Å². The molecule has 0 aliphatic rings. The van der Waals surface area contributed by atoms with E-state index in [4.69, 9.17) is 9.63 Å². The van der Waals surface area contributed by atoms with Gasteiger partial charge in [0, 0.05) is 6.07 Å². The molecule has 18 heavy (non-hydrogen) atoms. The molecular weight excluding hydrogens is 242 g/mol. The van der Waals surface area contributed by atoms with Crippen molar-refractivity contribution in [1.82, 2.24) is 20.2 Å². The number of amides is 1. The molecule has 0 unspecified atom stereocenters. The number of anilines is 1. The van der Waals surface area contributed by atoms with Crippen LogP contribution in [0.1, 0.15) is 16.2 Å². The molecule has 0 atom stereocenters. The van der Waals surface area contributed by atoms with Crippen LogP contribution in [-0.4, -0.2) is 37.1 Å². The number of aliphatic carboxylic acids is 1. The fourth-order valence-corrected chi connectivity index (χ4v) is 1.22. The van der Waals surface area contributed by atoms with E-state index >= 15 is 0 Å². The van der Waals surface area contributed by atoms with Crippen molar-refractivity contribution in [2.45, 2.75) is 13.5 Å². The summed E-state index contributed by atoms with van der Waals surface area (Å²) in [4.78, 5) is 22.1. The van der Waals surface area contributed by atoms with E-state index in [2.05, 4.69) is 20.8 Å². The summed E-state index contributed by atoms with van der Waals surface area (Å²) in [5, 5.41) is 21.6. The average molecular weight is 251 g/mol. The van der Waals surface area contributed by atoms with E-state index < -0.39 is 11.9 Å². The van der Waals surface area contributed by atoms with Gasteiger partial charge in [0.05, 0.1) is 11.9 Å². The number of carbonyl (C=O) groups excluding carboxylic acids is 1. The van der Waals surface area contributed by atoms with E-state index in [1.165, 1.54) is 6.20 Å². The topological polar surface area (TPSA) is 123 Å². The number of hydrogen-bond donors (Lipinski definition) is 2. The molecule has 0 radical (unpaired) electrons. The van der Waals surface area contributed by atoms with Crippen LogP contribution in [0.25, 0.3) is 0 Å². The van der Waals surface area contributed by atoms with Crippen LogP contribution >= 0.6 is 0 Å². The molecular formula is C9H9N5O4. The number of aryl methyl sites for hydroxylation is 1. The second kappa shape index (κ2) is 4.65. The monoisotopic (exact) mass is 251 g/mol. The Kier molecular flexibility index (Phi) is 3.04. The first-order valence-corrected chi connectivity index (χ1v) is 4.91. The lowest BCUT2D eigenvalue weighted by molar-refractivity contribution is -0.137. The van der Waals surface area contributed by atoms with Gasteiger partial charge in [0.15, 0.2) is 5.69 Å². The highest BCUT2D eigenvalue weighted by Gasteiger charge is 2.14. The Morgan fingerprint density at radius 2 is 2.33 bits per heavy atom. The normalized spacial score (nSPS) is 10.3. The van der Waals surface area contributed by atoms with Crippen LogP contribution in [0, 0.1) is 6.92 Å². The lowest BCUT2D eigenvalue weighted by Crippen LogP contribution is -2.12. The molecule has 0 spiro atoms. The van der Waals surface area contributed by atoms with Crippen molar-refractivity contribution >= 4 is 17.8 Å². The largest absolute Gasteiger partial charge is 0.480 e. The molecule has 9 nitrogen and oxygen atoms in total. The first-order valence-electron chi connectivity index (χ1n) is 4.91. The summed E-state index contributed by atoms with van der Waals surface area (Å²) >= 11 is 0. The molecule has 0 fully saturated rings. The van der Waals surface area contributed by atoms with Crippen molar-refractivity contribution in [1.29, 1.82) is 0 Å². The molecule has 2 rings (SSSR count). The third-order valence-corrected chi connectivity index (χ3v) is 1.93. The highest BCUT2D eigenvalue weighted by Crippen LogP contribution is 2.09. The summed E-state index contributed by atoms with van der Waals surface area (Å²) in [5.41, 5.74) is 0.616. The minimum Gasteiger partial charge on any atom is -0.480 e. The molecule has 0 saturated heterocycles. The third-order valence-electron chi connectivity index (χ3n) is 1.93. The van der Waals surface area contributed by atoms with Gasteiger partial charge in [0.1, 0.15) is 6.54 Å². The van der Waals surface area contributed by atoms with Gasteiger partial charge in [-0.15, -0.1) is 5.10 Å². The molecule has 1 amide bonds. The number of aromatic nitrogens is 4. The maximum atomic E-state index is 11.7. The minimum atomic E-state index is -1.07. The Bertz CT molecular complexity index is 587. The van der Waals surface area contributed by atoms with Crippen LogP contribution in [0.2, 0.25) is 0 Å². The summed E-state index contributed by atoms with van der Waals surface area (Å²) in [7, 11) is 0. The second-order valence-corrected chi connectivity index (χ2v) is 3.48. The molecule has 0 saturated carbocycles. The highest BCUT2D eigenvalue weighted by atomic mass is 16.5. The van der Waals surface area contributed by atoms with Crippen molar-refractivity contribution in [3.63, 3.8) is 0 Å². The maximum absolute atomic E-state index is 11.7. The first kappa shape index (κ1) is 11.8. The minimum absolute atomic E-state index is 0.00898. The molecule has 2 aromatic heterocycles. The molecule has 0 aromatic carbocycles. The van der Waals surface area contributed by atoms with Gasteiger partial charge in [-0.1, -0.05) is 10.4 Å². The van der Waals surface area contributed by atoms with Crippen LogP contribution in [-0.2, 0) is 11.3 Å². The predicted octanol–water partition coefficient (Wildman–Crippen LogP) is -0.0886. The van der Waals surface area contributed by atoms with Gasteiger partial charge in [-0.25, -0.2) is 4.68 Å². The van der Waals surface area contributed by atoms with Gasteiger partial charge in [-0.05, 0) is 6.92 Å². The summed E-state index contributed by atoms with van der Waals surface area (Å²) in [6.07, 6.45) is 1.23. The zero-order valence-corrected chi connectivity index (χ0v) is 9.32. The van der Waals surface area contributed by atoms with Crippen molar-refractivity contribution in [3.05, 3.63) is 23.7 Å². The quantitative estimate of drug-likeness (QED) is 0.778. The predicted molar refractivity (Wildman–Crippen MR) is 56.9 cm³/mol. The Labute approximate surface area is 100 Å². The molecule has 0 aliphatic carbocycles. The number of carboxylic acid groups (broad SMARTS) is 1. The number of carbonyl (C=O) groups is 2. The first-order chi connectivity index (χ1) is 8.54. The molecule has 0 bridgehead atoms. The zero-order valence-electron chi connectivity index (χ0n) is 9.32. The van der Waals surface area contributed by atoms with Crippen molar-refractivity contribution in [2.75, 3.05) is 5.32 Å². The Balaban J connectivity index is 2.05. The summed E-state index contributed by atoms with van der Waals surface area (Å²) < 4.78 is 5.84. The van der Waals surface area contributed by atoms with Crippen LogP contribution < -0.4 is 5.32 Å². The number of nitrogens with one attached hydrogen (secondary N) is 1. The standard InChI is InChI=1S/C9H9N5O4/c1-5-2-7(18-12-5)10-9(17)6-3-14(13-11-6)4-8(15)16/h2-3H,4H2,1H3,(H,10,17)(H,15,16). The van der Waals surface area contributed by atoms with Crippen LogP contribution in [0.3, 0.4) is 0 Å². The average Bonchev–Trinajstić information content (AvgIpc) is 2.87. The zero-order chi connectivity index (χ0) is 13.1. The lowest BCUT2D eigenvalue weighted by Gasteiger charge is -1.95. The summed E-state index contributed by atoms with van der Waals surface area (Å²) in [6.45, 7) is 1.35. The van der Waals surface area contributed by atoms with E-state index in [0.717, 1.165) is 4.68 Å². The Morgan fingerprint density at radius 1 is 1.56 bits per heavy atom. The fraction of sp³-hybridized carbons (Fsp3) is 0.222. The van der Waals surface area contributed by atoms with Gasteiger partial charge in [0.2, 0.25) is 5.88 Å². The molecule has 9 heteroatoms. The van der Waals surface area contributed by atoms with E-state index in [9.17, 15) is 9.59 Å². The van der Waals surface area contributed by atoms with Gasteiger partial charge in [-0.3, -0.25) is 14.9 Å². The van der Waals surface area contributed by atoms with Crippen LogP contribution in [0.4, 0.5) is 5.88 Å². The van der Waals surface area contributed by atoms with E-state index in [0.29, 0.717) is 5.69 Å². The van der Waals surface area contributed by atoms with Crippen molar-refractivity contribution < 1.29 is 19.2 Å². The lowest BCUT2D eigenvalue weighted by atomic mass is 10.4. The molecule has 0 aliphatic heterocycles. The van der Waals surface area contributed by atoms with Crippen LogP contribution in [0.5, 0.6) is 0 Å². The molecule has 2 heterocycles. The second-order valence-electron chi connectivity index (χ2n) is 3.48. The Hall–Kier alpha value is -2.71. The fourth-order valence-electron chi connectivity index (χ4n) is 1.22. The summed E-state index contributed by atoms with van der Waals surface area (Å²) in [6, 6.07) is 1.54. The van der Waals surface area contributed by atoms with Crippen molar-refractivity contribution in [3.8, 4) is 0 Å². The highest BCUT2D eigenvalue weighted by molar-refractivity contribution is 6.01. The summed E-state index contributed by atoms with van der Waals surface area (Å²) in [5.74, 6) is -1.44. The van der Waals surface area contributed by atoms with Gasteiger partial charge < -0.3 is 9.63 Å². The number of carboxylic acids is 1. The van der Waals surface area contributed by atoms with Crippen molar-refractivity contribution in [2.24, 2.45) is 0 Å². The van der Waals surface area contributed by atoms with E-state index in [1.54, 1.807) is 13.0 Å². The number of nitrogens with zero attached hydrogens (tertiary/aromatic N) is 4. The third kappa shape index (κ3) is 2.70. The molecule has 2 N–H and O–H groups in total. The maximum Gasteiger partial charge on any atom is 0.325 e. The van der Waals surface area contributed by atoms with E-state index in [-0.39, 0.29) is 18.1 Å². The van der Waals surface area contributed by atoms with E-state index in [1.807, 2.05) is 0 Å². The smallest absolute Gasteiger partial charge is 0.325 e. The van der Waals surface area contributed by atoms with Crippen LogP contribution in [0.15, 0.2) is 16.8 Å². The Morgan fingerprint density at radius 3 is 2.94 bits per heavy atom. The number of rotatable bonds is 4. The van der Waals surface area contributed by atoms with Gasteiger partial charge in [-0.2, -0.15) is 0 Å². The molecule has 2 aromatic rings.